The van der Waals surface area contributed by atoms with Gasteiger partial charge < -0.3 is 4.57 Å². The molecule has 0 saturated heterocycles. The molecule has 0 aliphatic heterocycles. The van der Waals surface area contributed by atoms with Crippen LogP contribution in [0.2, 0.25) is 0 Å². The van der Waals surface area contributed by atoms with Crippen molar-refractivity contribution in [1.82, 2.24) is 19.1 Å². The van der Waals surface area contributed by atoms with E-state index >= 15 is 0 Å². The fraction of sp³-hybridized carbons (Fsp3) is 0. The van der Waals surface area contributed by atoms with Crippen molar-refractivity contribution in [3.8, 4) is 45.3 Å². The summed E-state index contributed by atoms with van der Waals surface area (Å²) in [7, 11) is 0. The van der Waals surface area contributed by atoms with Gasteiger partial charge in [-0.3, -0.25) is 4.57 Å². The van der Waals surface area contributed by atoms with E-state index in [-0.39, 0.29) is 0 Å². The van der Waals surface area contributed by atoms with Gasteiger partial charge in [0.05, 0.1) is 39.1 Å². The van der Waals surface area contributed by atoms with Crippen LogP contribution in [-0.2, 0) is 0 Å². The van der Waals surface area contributed by atoms with Crippen LogP contribution in [0.25, 0.3) is 99.7 Å². The smallest absolute Gasteiger partial charge is 0.235 e. The maximum Gasteiger partial charge on any atom is 0.235 e. The Kier molecular flexibility index (Phi) is 6.82. The molecule has 8 aromatic carbocycles. The van der Waals surface area contributed by atoms with Crippen molar-refractivity contribution in [3.05, 3.63) is 194 Å². The van der Waals surface area contributed by atoms with Crippen LogP contribution in [0.3, 0.4) is 0 Å². The van der Waals surface area contributed by atoms with Gasteiger partial charge in [0.2, 0.25) is 5.95 Å². The molecule has 252 valence electrons. The van der Waals surface area contributed by atoms with Gasteiger partial charge in [-0.15, -0.1) is 0 Å². The molecule has 0 atom stereocenters. The van der Waals surface area contributed by atoms with E-state index in [1.807, 2.05) is 12.1 Å². The van der Waals surface area contributed by atoms with Gasteiger partial charge in [0.1, 0.15) is 0 Å². The van der Waals surface area contributed by atoms with Gasteiger partial charge in [-0.2, -0.15) is 0 Å². The van der Waals surface area contributed by atoms with Crippen molar-refractivity contribution < 1.29 is 0 Å². The molecular formula is C50H32N4. The van der Waals surface area contributed by atoms with Crippen LogP contribution in [0.1, 0.15) is 0 Å². The highest BCUT2D eigenvalue weighted by atomic mass is 15.2. The van der Waals surface area contributed by atoms with Crippen molar-refractivity contribution in [2.75, 3.05) is 0 Å². The average molecular weight is 689 g/mol. The first-order valence-electron chi connectivity index (χ1n) is 18.3. The van der Waals surface area contributed by atoms with Crippen LogP contribution in [0, 0.1) is 0 Å². The highest BCUT2D eigenvalue weighted by Crippen LogP contribution is 2.41. The molecule has 0 unspecified atom stereocenters. The van der Waals surface area contributed by atoms with Crippen molar-refractivity contribution in [3.63, 3.8) is 0 Å². The summed E-state index contributed by atoms with van der Waals surface area (Å²) in [5.41, 5.74) is 11.9. The molecule has 0 bridgehead atoms. The predicted molar refractivity (Wildman–Crippen MR) is 225 cm³/mol. The number of hydrogen-bond donors (Lipinski definition) is 0. The highest BCUT2D eigenvalue weighted by Gasteiger charge is 2.21. The highest BCUT2D eigenvalue weighted by molar-refractivity contribution is 6.17. The Morgan fingerprint density at radius 3 is 1.63 bits per heavy atom. The van der Waals surface area contributed by atoms with E-state index in [0.29, 0.717) is 5.95 Å². The van der Waals surface area contributed by atoms with Crippen molar-refractivity contribution in [1.29, 1.82) is 0 Å². The van der Waals surface area contributed by atoms with E-state index in [9.17, 15) is 0 Å². The van der Waals surface area contributed by atoms with E-state index in [4.69, 9.17) is 9.97 Å². The minimum absolute atomic E-state index is 0.646. The van der Waals surface area contributed by atoms with Crippen LogP contribution in [0.15, 0.2) is 194 Å². The second-order valence-corrected chi connectivity index (χ2v) is 13.8. The van der Waals surface area contributed by atoms with E-state index in [2.05, 4.69) is 191 Å². The van der Waals surface area contributed by atoms with Gasteiger partial charge in [-0.1, -0.05) is 152 Å². The number of benzene rings is 8. The summed E-state index contributed by atoms with van der Waals surface area (Å²) in [6, 6.07) is 69.0. The Labute approximate surface area is 311 Å². The zero-order valence-electron chi connectivity index (χ0n) is 29.3. The molecule has 0 fully saturated rings. The summed E-state index contributed by atoms with van der Waals surface area (Å²) in [6.07, 6.45) is 0. The van der Waals surface area contributed by atoms with Crippen LogP contribution < -0.4 is 0 Å². The molecule has 11 rings (SSSR count). The number of rotatable bonds is 5. The molecule has 0 N–H and O–H groups in total. The summed E-state index contributed by atoms with van der Waals surface area (Å²) >= 11 is 0. The Bertz CT molecular complexity index is 3150. The maximum atomic E-state index is 5.25. The van der Waals surface area contributed by atoms with Gasteiger partial charge in [0.25, 0.3) is 0 Å². The molecule has 54 heavy (non-hydrogen) atoms. The molecule has 0 saturated carbocycles. The third kappa shape index (κ3) is 4.70. The lowest BCUT2D eigenvalue weighted by Gasteiger charge is -2.12. The van der Waals surface area contributed by atoms with E-state index in [1.165, 1.54) is 54.8 Å². The Morgan fingerprint density at radius 2 is 0.889 bits per heavy atom. The Balaban J connectivity index is 1.16. The number of fused-ring (bicyclic) bond motifs is 7. The van der Waals surface area contributed by atoms with Crippen molar-refractivity contribution >= 4 is 54.4 Å². The van der Waals surface area contributed by atoms with Crippen LogP contribution >= 0.6 is 0 Å². The Morgan fingerprint density at radius 1 is 0.333 bits per heavy atom. The number of aromatic nitrogens is 4. The van der Waals surface area contributed by atoms with Gasteiger partial charge in [-0.25, -0.2) is 9.97 Å². The number of hydrogen-bond acceptors (Lipinski definition) is 2. The predicted octanol–water partition coefficient (Wildman–Crippen LogP) is 12.8. The van der Waals surface area contributed by atoms with Crippen molar-refractivity contribution in [2.45, 2.75) is 0 Å². The van der Waals surface area contributed by atoms with E-state index in [0.717, 1.165) is 38.9 Å². The third-order valence-corrected chi connectivity index (χ3v) is 10.7. The molecule has 11 aromatic rings. The summed E-state index contributed by atoms with van der Waals surface area (Å²) < 4.78 is 4.66. The lowest BCUT2D eigenvalue weighted by molar-refractivity contribution is 0.995. The zero-order valence-corrected chi connectivity index (χ0v) is 29.3. The van der Waals surface area contributed by atoms with E-state index in [1.54, 1.807) is 0 Å². The summed E-state index contributed by atoms with van der Waals surface area (Å²) in [5.74, 6) is 0.646. The molecule has 0 aliphatic rings. The van der Waals surface area contributed by atoms with Gasteiger partial charge in [0.15, 0.2) is 0 Å². The standard InChI is InChI=1S/C50H32N4/c1-3-16-34(17-4-1)42-32-43(35-18-5-2-6-19-35)52-50(51-42)54-46-26-12-10-23-40(46)49-38(24-14-28-48(49)54)36-29-30-47-41(31-36)39-22-9-11-25-45(39)53(47)44-27-13-20-33-15-7-8-21-37(33)44/h1-32H. The fourth-order valence-corrected chi connectivity index (χ4v) is 8.33. The van der Waals surface area contributed by atoms with Gasteiger partial charge in [0, 0.05) is 38.1 Å². The lowest BCUT2D eigenvalue weighted by Crippen LogP contribution is -2.04. The lowest BCUT2D eigenvalue weighted by atomic mass is 9.98. The third-order valence-electron chi connectivity index (χ3n) is 10.7. The molecule has 0 radical (unpaired) electrons. The quantitative estimate of drug-likeness (QED) is 0.180. The summed E-state index contributed by atoms with van der Waals surface area (Å²) in [6.45, 7) is 0. The molecular weight excluding hydrogens is 657 g/mol. The van der Waals surface area contributed by atoms with Gasteiger partial charge >= 0.3 is 0 Å². The van der Waals surface area contributed by atoms with Gasteiger partial charge in [-0.05, 0) is 59.0 Å². The first kappa shape index (κ1) is 30.3. The monoisotopic (exact) mass is 688 g/mol. The molecule has 4 heteroatoms. The molecule has 3 aromatic heterocycles. The second-order valence-electron chi connectivity index (χ2n) is 13.8. The minimum atomic E-state index is 0.646. The maximum absolute atomic E-state index is 5.25. The summed E-state index contributed by atoms with van der Waals surface area (Å²) in [4.78, 5) is 10.5. The van der Waals surface area contributed by atoms with E-state index < -0.39 is 0 Å². The number of para-hydroxylation sites is 2. The minimum Gasteiger partial charge on any atom is -0.309 e. The zero-order chi connectivity index (χ0) is 35.6. The molecule has 3 heterocycles. The first-order valence-corrected chi connectivity index (χ1v) is 18.3. The number of nitrogens with zero attached hydrogens (tertiary/aromatic N) is 4. The molecule has 0 aliphatic carbocycles. The second kappa shape index (κ2) is 12.1. The normalized spacial score (nSPS) is 11.7. The Hall–Kier alpha value is -7.30. The van der Waals surface area contributed by atoms with Crippen molar-refractivity contribution in [2.24, 2.45) is 0 Å². The first-order chi connectivity index (χ1) is 26.8. The molecule has 4 nitrogen and oxygen atoms in total. The molecule has 0 amide bonds. The SMILES string of the molecule is c1ccc(-c2cc(-c3ccccc3)nc(-n3c4ccccc4c4c(-c5ccc6c(c5)c5ccccc5n6-c5cccc6ccccc56)cccc43)n2)cc1. The largest absolute Gasteiger partial charge is 0.309 e. The topological polar surface area (TPSA) is 35.6 Å². The summed E-state index contributed by atoms with van der Waals surface area (Å²) in [5, 5.41) is 7.27. The average Bonchev–Trinajstić information content (AvgIpc) is 3.77. The fourth-order valence-electron chi connectivity index (χ4n) is 8.33. The van der Waals surface area contributed by atoms with Crippen LogP contribution in [0.4, 0.5) is 0 Å². The van der Waals surface area contributed by atoms with Crippen LogP contribution in [-0.4, -0.2) is 19.1 Å². The van der Waals surface area contributed by atoms with Crippen LogP contribution in [0.5, 0.6) is 0 Å². The molecule has 0 spiro atoms.